The van der Waals surface area contributed by atoms with Crippen LogP contribution in [0.4, 0.5) is 24.7 Å². The van der Waals surface area contributed by atoms with Gasteiger partial charge in [-0.05, 0) is 36.8 Å². The van der Waals surface area contributed by atoms with E-state index in [0.29, 0.717) is 0 Å². The van der Waals surface area contributed by atoms with Gasteiger partial charge in [0.25, 0.3) is 0 Å². The van der Waals surface area contributed by atoms with Crippen molar-refractivity contribution in [2.45, 2.75) is 13.1 Å². The Morgan fingerprint density at radius 2 is 1.85 bits per heavy atom. The van der Waals surface area contributed by atoms with E-state index in [4.69, 9.17) is 11.6 Å². The molecule has 6 heteroatoms. The lowest BCUT2D eigenvalue weighted by molar-refractivity contribution is -0.137. The highest BCUT2D eigenvalue weighted by molar-refractivity contribution is 6.29. The summed E-state index contributed by atoms with van der Waals surface area (Å²) in [5.41, 5.74) is 0.937. The Labute approximate surface area is 119 Å². The predicted octanol–water partition coefficient (Wildman–Crippen LogP) is 4.83. The third kappa shape index (κ3) is 3.22. The van der Waals surface area contributed by atoms with Gasteiger partial charge in [0.1, 0.15) is 11.0 Å². The lowest BCUT2D eigenvalue weighted by Gasteiger charge is -2.20. The molecule has 1 heterocycles. The predicted molar refractivity (Wildman–Crippen MR) is 73.5 cm³/mol. The molecule has 2 rings (SSSR count). The molecule has 0 unspecified atom stereocenters. The Morgan fingerprint density at radius 1 is 1.15 bits per heavy atom. The van der Waals surface area contributed by atoms with Gasteiger partial charge >= 0.3 is 6.18 Å². The molecule has 0 spiro atoms. The number of hydrogen-bond donors (Lipinski definition) is 0. The molecule has 0 fully saturated rings. The van der Waals surface area contributed by atoms with Crippen molar-refractivity contribution in [3.8, 4) is 0 Å². The molecule has 0 aliphatic heterocycles. The molecule has 2 nitrogen and oxygen atoms in total. The van der Waals surface area contributed by atoms with E-state index in [9.17, 15) is 13.2 Å². The molecule has 0 radical (unpaired) electrons. The van der Waals surface area contributed by atoms with Crippen molar-refractivity contribution in [1.82, 2.24) is 4.98 Å². The third-order valence-corrected chi connectivity index (χ3v) is 3.03. The van der Waals surface area contributed by atoms with Crippen LogP contribution in [0.1, 0.15) is 11.1 Å². The van der Waals surface area contributed by atoms with Crippen LogP contribution in [-0.2, 0) is 6.18 Å². The molecule has 0 aliphatic rings. The normalized spacial score (nSPS) is 11.5. The van der Waals surface area contributed by atoms with Gasteiger partial charge < -0.3 is 4.90 Å². The van der Waals surface area contributed by atoms with E-state index < -0.39 is 11.7 Å². The topological polar surface area (TPSA) is 16.1 Å². The van der Waals surface area contributed by atoms with E-state index in [1.807, 2.05) is 25.1 Å². The third-order valence-electron chi connectivity index (χ3n) is 2.84. The van der Waals surface area contributed by atoms with Crippen molar-refractivity contribution in [3.05, 3.63) is 52.7 Å². The average molecular weight is 301 g/mol. The smallest absolute Gasteiger partial charge is 0.329 e. The number of hydrogen-bond acceptors (Lipinski definition) is 2. The summed E-state index contributed by atoms with van der Waals surface area (Å²) in [5.74, 6) is 0.149. The Hall–Kier alpha value is -1.75. The number of rotatable bonds is 2. The van der Waals surface area contributed by atoms with Crippen LogP contribution in [0.2, 0.25) is 5.15 Å². The van der Waals surface area contributed by atoms with Crippen LogP contribution in [0.5, 0.6) is 0 Å². The van der Waals surface area contributed by atoms with Gasteiger partial charge in [-0.25, -0.2) is 4.98 Å². The summed E-state index contributed by atoms with van der Waals surface area (Å²) in [6, 6.07) is 9.18. The van der Waals surface area contributed by atoms with Crippen molar-refractivity contribution in [2.24, 2.45) is 0 Å². The zero-order valence-corrected chi connectivity index (χ0v) is 11.6. The molecule has 2 aromatic rings. The molecule has 0 aliphatic carbocycles. The number of halogens is 4. The summed E-state index contributed by atoms with van der Waals surface area (Å²) in [6.07, 6.45) is -4.45. The van der Waals surface area contributed by atoms with Gasteiger partial charge in [0.2, 0.25) is 0 Å². The molecule has 0 saturated heterocycles. The number of pyridine rings is 1. The van der Waals surface area contributed by atoms with Crippen LogP contribution in [0.15, 0.2) is 36.4 Å². The van der Waals surface area contributed by atoms with Gasteiger partial charge in [-0.2, -0.15) is 13.2 Å². The number of aromatic nitrogens is 1. The molecule has 0 N–H and O–H groups in total. The van der Waals surface area contributed by atoms with Crippen LogP contribution < -0.4 is 4.90 Å². The molecular formula is C14H12ClF3N2. The number of benzene rings is 1. The van der Waals surface area contributed by atoms with Gasteiger partial charge in [0, 0.05) is 12.7 Å². The lowest BCUT2D eigenvalue weighted by atomic mass is 10.2. The number of alkyl halides is 3. The summed E-state index contributed by atoms with van der Waals surface area (Å²) in [4.78, 5) is 5.51. The zero-order valence-electron chi connectivity index (χ0n) is 10.9. The van der Waals surface area contributed by atoms with Crippen LogP contribution in [0, 0.1) is 6.92 Å². The molecule has 0 bridgehead atoms. The highest BCUT2D eigenvalue weighted by Crippen LogP contribution is 2.34. The van der Waals surface area contributed by atoms with Gasteiger partial charge in [-0.15, -0.1) is 0 Å². The Balaban J connectivity index is 2.45. The zero-order chi connectivity index (χ0) is 14.9. The molecule has 1 aromatic carbocycles. The van der Waals surface area contributed by atoms with E-state index in [2.05, 4.69) is 4.98 Å². The number of nitrogens with zero attached hydrogens (tertiary/aromatic N) is 2. The molecule has 20 heavy (non-hydrogen) atoms. The molecule has 0 amide bonds. The van der Waals surface area contributed by atoms with Crippen molar-refractivity contribution >= 4 is 23.1 Å². The maximum atomic E-state index is 12.8. The van der Waals surface area contributed by atoms with Gasteiger partial charge in [0.15, 0.2) is 0 Å². The first-order valence-electron chi connectivity index (χ1n) is 5.82. The Bertz CT molecular complexity index is 626. The molecular weight excluding hydrogens is 289 g/mol. The van der Waals surface area contributed by atoms with E-state index in [0.717, 1.165) is 23.4 Å². The highest BCUT2D eigenvalue weighted by Gasteiger charge is 2.32. The largest absolute Gasteiger partial charge is 0.416 e. The van der Waals surface area contributed by atoms with Gasteiger partial charge in [-0.1, -0.05) is 23.7 Å². The van der Waals surface area contributed by atoms with E-state index in [-0.39, 0.29) is 11.0 Å². The maximum absolute atomic E-state index is 12.8. The fourth-order valence-corrected chi connectivity index (χ4v) is 1.99. The summed E-state index contributed by atoms with van der Waals surface area (Å²) in [6.45, 7) is 1.91. The molecule has 106 valence electrons. The van der Waals surface area contributed by atoms with Crippen LogP contribution in [0.3, 0.4) is 0 Å². The summed E-state index contributed by atoms with van der Waals surface area (Å²) < 4.78 is 38.3. The number of aryl methyl sites for hydroxylation is 1. The Morgan fingerprint density at radius 3 is 2.45 bits per heavy atom. The van der Waals surface area contributed by atoms with Crippen molar-refractivity contribution in [2.75, 3.05) is 11.9 Å². The second-order valence-electron chi connectivity index (χ2n) is 4.43. The van der Waals surface area contributed by atoms with Crippen LogP contribution >= 0.6 is 11.6 Å². The van der Waals surface area contributed by atoms with Crippen molar-refractivity contribution in [3.63, 3.8) is 0 Å². The highest BCUT2D eigenvalue weighted by atomic mass is 35.5. The van der Waals surface area contributed by atoms with E-state index in [1.165, 1.54) is 0 Å². The standard InChI is InChI=1S/C14H12ClF3N2/c1-9-4-3-5-11(6-9)20(2)13-8-10(14(16,17)18)7-12(15)19-13/h3-8H,1-2H3. The molecule has 0 atom stereocenters. The second-order valence-corrected chi connectivity index (χ2v) is 4.82. The fraction of sp³-hybridized carbons (Fsp3) is 0.214. The van der Waals surface area contributed by atoms with Crippen molar-refractivity contribution < 1.29 is 13.2 Å². The first kappa shape index (κ1) is 14.7. The first-order chi connectivity index (χ1) is 9.27. The van der Waals surface area contributed by atoms with Crippen LogP contribution in [-0.4, -0.2) is 12.0 Å². The van der Waals surface area contributed by atoms with Crippen molar-refractivity contribution in [1.29, 1.82) is 0 Å². The summed E-state index contributed by atoms with van der Waals surface area (Å²) in [7, 11) is 1.65. The van der Waals surface area contributed by atoms with Gasteiger partial charge in [-0.3, -0.25) is 0 Å². The molecule has 0 saturated carbocycles. The average Bonchev–Trinajstić information content (AvgIpc) is 2.36. The minimum atomic E-state index is -4.45. The second kappa shape index (κ2) is 5.32. The van der Waals surface area contributed by atoms with Gasteiger partial charge in [0.05, 0.1) is 5.56 Å². The maximum Gasteiger partial charge on any atom is 0.416 e. The summed E-state index contributed by atoms with van der Waals surface area (Å²) >= 11 is 5.68. The molecule has 1 aromatic heterocycles. The Kier molecular flexibility index (Phi) is 3.90. The van der Waals surface area contributed by atoms with E-state index in [1.54, 1.807) is 18.0 Å². The van der Waals surface area contributed by atoms with E-state index >= 15 is 0 Å². The lowest BCUT2D eigenvalue weighted by Crippen LogP contribution is -2.14. The fourth-order valence-electron chi connectivity index (χ4n) is 1.79. The van der Waals surface area contributed by atoms with Crippen LogP contribution in [0.25, 0.3) is 0 Å². The number of anilines is 2. The minimum absolute atomic E-state index is 0.149. The minimum Gasteiger partial charge on any atom is -0.329 e. The SMILES string of the molecule is Cc1cccc(N(C)c2cc(C(F)(F)F)cc(Cl)n2)c1. The first-order valence-corrected chi connectivity index (χ1v) is 6.20. The monoisotopic (exact) mass is 300 g/mol. The summed E-state index contributed by atoms with van der Waals surface area (Å²) in [5, 5.41) is -0.186. The quantitative estimate of drug-likeness (QED) is 0.738.